The molecule has 7 nitrogen and oxygen atoms in total. The molecule has 0 atom stereocenters. The lowest BCUT2D eigenvalue weighted by molar-refractivity contribution is -0.121. The predicted octanol–water partition coefficient (Wildman–Crippen LogP) is 1.63. The smallest absolute Gasteiger partial charge is 0.325 e. The van der Waals surface area contributed by atoms with E-state index in [0.717, 1.165) is 23.9 Å². The van der Waals surface area contributed by atoms with Gasteiger partial charge in [0.05, 0.1) is 4.90 Å². The van der Waals surface area contributed by atoms with E-state index in [1.807, 2.05) is 0 Å². The first-order valence-corrected chi connectivity index (χ1v) is 9.42. The molecule has 1 aromatic rings. The molecule has 2 rings (SSSR count). The van der Waals surface area contributed by atoms with Crippen LogP contribution in [-0.2, 0) is 14.8 Å². The number of carbonyl (C=O) groups excluding carboxylic acids is 2. The first-order valence-electron chi connectivity index (χ1n) is 6.95. The number of benzene rings is 1. The molecule has 0 spiro atoms. The van der Waals surface area contributed by atoms with Crippen molar-refractivity contribution in [1.29, 1.82) is 0 Å². The van der Waals surface area contributed by atoms with Gasteiger partial charge in [-0.3, -0.25) is 9.59 Å². The van der Waals surface area contributed by atoms with Crippen molar-refractivity contribution >= 4 is 38.6 Å². The monoisotopic (exact) mass is 397 g/mol. The van der Waals surface area contributed by atoms with Gasteiger partial charge in [0.25, 0.3) is 5.24 Å². The minimum absolute atomic E-state index is 0.126. The van der Waals surface area contributed by atoms with Crippen molar-refractivity contribution in [2.75, 3.05) is 30.7 Å². The Labute approximate surface area is 146 Å². The van der Waals surface area contributed by atoms with Gasteiger partial charge in [0.2, 0.25) is 15.9 Å². The predicted molar refractivity (Wildman–Crippen MR) is 85.7 cm³/mol. The van der Waals surface area contributed by atoms with E-state index in [0.29, 0.717) is 12.3 Å². The Hall–Kier alpha value is -1.79. The van der Waals surface area contributed by atoms with Gasteiger partial charge in [-0.05, 0) is 24.3 Å². The van der Waals surface area contributed by atoms with Gasteiger partial charge >= 0.3 is 6.18 Å². The second-order valence-corrected chi connectivity index (χ2v) is 7.86. The third-order valence-electron chi connectivity index (χ3n) is 3.09. The van der Waals surface area contributed by atoms with Crippen LogP contribution in [0.4, 0.5) is 23.7 Å². The van der Waals surface area contributed by atoms with Gasteiger partial charge in [-0.15, -0.1) is 0 Å². The summed E-state index contributed by atoms with van der Waals surface area (Å²) in [5, 5.41) is 2.30. The lowest BCUT2D eigenvalue weighted by Crippen LogP contribution is -2.34. The number of alkyl halides is 3. The SMILES string of the molecule is O=C(CN1CCSC1=O)Nc1ccc(S(=O)(=O)NCC(F)(F)F)cc1. The molecular weight excluding hydrogens is 383 g/mol. The summed E-state index contributed by atoms with van der Waals surface area (Å²) in [6, 6.07) is 4.65. The molecule has 0 unspecified atom stereocenters. The van der Waals surface area contributed by atoms with Crippen LogP contribution >= 0.6 is 11.8 Å². The Morgan fingerprint density at radius 1 is 1.24 bits per heavy atom. The maximum atomic E-state index is 12.1. The second kappa shape index (κ2) is 7.62. The van der Waals surface area contributed by atoms with Crippen molar-refractivity contribution in [3.8, 4) is 0 Å². The molecule has 2 N–H and O–H groups in total. The number of hydrogen-bond donors (Lipinski definition) is 2. The van der Waals surface area contributed by atoms with Crippen molar-refractivity contribution < 1.29 is 31.2 Å². The number of anilines is 1. The van der Waals surface area contributed by atoms with Crippen LogP contribution in [0.15, 0.2) is 29.2 Å². The number of hydrogen-bond acceptors (Lipinski definition) is 5. The maximum absolute atomic E-state index is 12.1. The van der Waals surface area contributed by atoms with Gasteiger partial charge in [0.15, 0.2) is 0 Å². The molecule has 1 heterocycles. The standard InChI is InChI=1S/C13H14F3N3O4S2/c14-13(15,16)8-17-25(22,23)10-3-1-9(2-4-10)18-11(20)7-19-5-6-24-12(19)21/h1-4,17H,5-8H2,(H,18,20). The van der Waals surface area contributed by atoms with Crippen LogP contribution in [-0.4, -0.2) is 56.0 Å². The first kappa shape index (κ1) is 19.5. The van der Waals surface area contributed by atoms with Crippen molar-refractivity contribution in [2.45, 2.75) is 11.1 Å². The van der Waals surface area contributed by atoms with E-state index in [2.05, 4.69) is 5.32 Å². The summed E-state index contributed by atoms with van der Waals surface area (Å²) in [6.45, 7) is -1.33. The zero-order valence-corrected chi connectivity index (χ0v) is 14.3. The number of nitrogens with one attached hydrogen (secondary N) is 2. The molecule has 0 radical (unpaired) electrons. The van der Waals surface area contributed by atoms with Gasteiger partial charge in [-0.1, -0.05) is 11.8 Å². The Morgan fingerprint density at radius 2 is 1.88 bits per heavy atom. The van der Waals surface area contributed by atoms with Crippen molar-refractivity contribution in [3.05, 3.63) is 24.3 Å². The molecule has 0 saturated carbocycles. The quantitative estimate of drug-likeness (QED) is 0.761. The number of nitrogens with zero attached hydrogens (tertiary/aromatic N) is 1. The van der Waals surface area contributed by atoms with Crippen molar-refractivity contribution in [1.82, 2.24) is 9.62 Å². The van der Waals surface area contributed by atoms with E-state index in [4.69, 9.17) is 0 Å². The summed E-state index contributed by atoms with van der Waals surface area (Å²) in [6.07, 6.45) is -4.66. The molecule has 12 heteroatoms. The van der Waals surface area contributed by atoms with Gasteiger partial charge in [-0.2, -0.15) is 13.2 Å². The summed E-state index contributed by atoms with van der Waals surface area (Å²) < 4.78 is 61.2. The minimum Gasteiger partial charge on any atom is -0.325 e. The topological polar surface area (TPSA) is 95.6 Å². The molecule has 0 aromatic heterocycles. The fourth-order valence-corrected chi connectivity index (χ4v) is 3.76. The lowest BCUT2D eigenvalue weighted by Gasteiger charge is -2.14. The first-order chi connectivity index (χ1) is 11.6. The lowest BCUT2D eigenvalue weighted by atomic mass is 10.3. The largest absolute Gasteiger partial charge is 0.402 e. The van der Waals surface area contributed by atoms with Crippen LogP contribution in [0, 0.1) is 0 Å². The van der Waals surface area contributed by atoms with E-state index in [9.17, 15) is 31.2 Å². The molecular formula is C13H14F3N3O4S2. The highest BCUT2D eigenvalue weighted by Crippen LogP contribution is 2.18. The molecule has 2 amide bonds. The summed E-state index contributed by atoms with van der Waals surface area (Å²) >= 11 is 1.12. The van der Waals surface area contributed by atoms with Gasteiger partial charge < -0.3 is 10.2 Å². The number of halogens is 3. The highest BCUT2D eigenvalue weighted by molar-refractivity contribution is 8.13. The third-order valence-corrected chi connectivity index (χ3v) is 5.40. The average molecular weight is 397 g/mol. The van der Waals surface area contributed by atoms with Gasteiger partial charge in [0.1, 0.15) is 13.1 Å². The number of carbonyl (C=O) groups is 2. The van der Waals surface area contributed by atoms with Crippen LogP contribution in [0.5, 0.6) is 0 Å². The number of rotatable bonds is 6. The highest BCUT2D eigenvalue weighted by Gasteiger charge is 2.30. The Balaban J connectivity index is 1.95. The van der Waals surface area contributed by atoms with Crippen LogP contribution in [0.2, 0.25) is 0 Å². The van der Waals surface area contributed by atoms with Crippen molar-refractivity contribution in [3.63, 3.8) is 0 Å². The molecule has 1 fully saturated rings. The number of thioether (sulfide) groups is 1. The Kier molecular flexibility index (Phi) is 5.95. The van der Waals surface area contributed by atoms with Crippen LogP contribution in [0.25, 0.3) is 0 Å². The fraction of sp³-hybridized carbons (Fsp3) is 0.385. The normalized spacial score (nSPS) is 15.5. The van der Waals surface area contributed by atoms with Gasteiger partial charge in [0, 0.05) is 18.0 Å². The Bertz CT molecular complexity index is 751. The highest BCUT2D eigenvalue weighted by atomic mass is 32.2. The molecule has 1 aliphatic heterocycles. The van der Waals surface area contributed by atoms with E-state index < -0.39 is 28.7 Å². The average Bonchev–Trinajstić information content (AvgIpc) is 2.90. The minimum atomic E-state index is -4.66. The van der Waals surface area contributed by atoms with E-state index >= 15 is 0 Å². The van der Waals surface area contributed by atoms with Crippen LogP contribution in [0.3, 0.4) is 0 Å². The van der Waals surface area contributed by atoms with Crippen LogP contribution in [0.1, 0.15) is 0 Å². The Morgan fingerprint density at radius 3 is 2.40 bits per heavy atom. The molecule has 1 aromatic carbocycles. The molecule has 1 saturated heterocycles. The molecule has 25 heavy (non-hydrogen) atoms. The third kappa shape index (κ3) is 5.90. The zero-order valence-electron chi connectivity index (χ0n) is 12.7. The zero-order chi connectivity index (χ0) is 18.7. The summed E-state index contributed by atoms with van der Waals surface area (Å²) in [5.41, 5.74) is 0.263. The van der Waals surface area contributed by atoms with E-state index in [-0.39, 0.29) is 22.4 Å². The van der Waals surface area contributed by atoms with Crippen LogP contribution < -0.4 is 10.0 Å². The summed E-state index contributed by atoms with van der Waals surface area (Å²) in [4.78, 5) is 24.3. The van der Waals surface area contributed by atoms with E-state index in [1.165, 1.54) is 21.8 Å². The molecule has 0 aliphatic carbocycles. The summed E-state index contributed by atoms with van der Waals surface area (Å²) in [5.74, 6) is 0.158. The van der Waals surface area contributed by atoms with E-state index in [1.54, 1.807) is 0 Å². The fourth-order valence-electron chi connectivity index (χ4n) is 1.92. The van der Waals surface area contributed by atoms with Gasteiger partial charge in [-0.25, -0.2) is 13.1 Å². The number of sulfonamides is 1. The number of amides is 2. The molecule has 138 valence electrons. The summed E-state index contributed by atoms with van der Waals surface area (Å²) in [7, 11) is -4.30. The maximum Gasteiger partial charge on any atom is 0.402 e. The second-order valence-electron chi connectivity index (χ2n) is 5.05. The van der Waals surface area contributed by atoms with Crippen molar-refractivity contribution in [2.24, 2.45) is 0 Å². The molecule has 1 aliphatic rings. The molecule has 0 bridgehead atoms.